The lowest BCUT2D eigenvalue weighted by Crippen LogP contribution is -2.59. The summed E-state index contributed by atoms with van der Waals surface area (Å²) in [5, 5.41) is 22.3. The maximum absolute atomic E-state index is 13.5. The molecule has 0 aliphatic carbocycles. The van der Waals surface area contributed by atoms with Crippen molar-refractivity contribution in [3.05, 3.63) is 12.2 Å². The minimum Gasteiger partial charge on any atom is -0.463 e. The van der Waals surface area contributed by atoms with Crippen LogP contribution >= 0.6 is 0 Å². The van der Waals surface area contributed by atoms with Gasteiger partial charge >= 0.3 is 5.97 Å². The topological polar surface area (TPSA) is 212 Å². The molecule has 0 spiro atoms. The largest absolute Gasteiger partial charge is 0.463 e. The van der Waals surface area contributed by atoms with Gasteiger partial charge in [0.2, 0.25) is 35.4 Å². The van der Waals surface area contributed by atoms with Crippen LogP contribution in [0.5, 0.6) is 0 Å². The van der Waals surface area contributed by atoms with Crippen molar-refractivity contribution in [2.75, 3.05) is 27.3 Å². The molecule has 0 saturated heterocycles. The molecule has 46 heavy (non-hydrogen) atoms. The molecule has 15 heteroatoms. The highest BCUT2D eigenvalue weighted by Gasteiger charge is 2.32. The molecule has 0 aromatic heterocycles. The first-order chi connectivity index (χ1) is 21.4. The second kappa shape index (κ2) is 21.7. The normalized spacial score (nSPS) is 14.4. The molecule has 5 atom stereocenters. The summed E-state index contributed by atoms with van der Waals surface area (Å²) >= 11 is 0. The van der Waals surface area contributed by atoms with E-state index in [4.69, 9.17) is 4.74 Å². The van der Waals surface area contributed by atoms with Gasteiger partial charge in [0.15, 0.2) is 0 Å². The van der Waals surface area contributed by atoms with Gasteiger partial charge in [0, 0.05) is 39.6 Å². The van der Waals surface area contributed by atoms with Crippen molar-refractivity contribution in [1.29, 1.82) is 0 Å². The van der Waals surface area contributed by atoms with Crippen LogP contribution in [0.2, 0.25) is 0 Å². The molecule has 0 aromatic rings. The summed E-state index contributed by atoms with van der Waals surface area (Å²) in [6.45, 7) is 11.0. The lowest BCUT2D eigenvalue weighted by molar-refractivity contribution is -0.137. The zero-order chi connectivity index (χ0) is 35.6. The van der Waals surface area contributed by atoms with Gasteiger partial charge < -0.3 is 41.3 Å². The van der Waals surface area contributed by atoms with Crippen molar-refractivity contribution in [3.8, 4) is 0 Å². The molecule has 262 valence electrons. The number of rotatable bonds is 20. The Balaban J connectivity index is 5.75. The quantitative estimate of drug-likeness (QED) is 0.0738. The summed E-state index contributed by atoms with van der Waals surface area (Å²) in [5.41, 5.74) is 0. The highest BCUT2D eigenvalue weighted by molar-refractivity contribution is 5.95. The molecule has 0 aliphatic heterocycles. The third-order valence-electron chi connectivity index (χ3n) is 6.73. The lowest BCUT2D eigenvalue weighted by Gasteiger charge is -2.28. The summed E-state index contributed by atoms with van der Waals surface area (Å²) in [6.07, 6.45) is 3.75. The zero-order valence-corrected chi connectivity index (χ0v) is 28.6. The summed E-state index contributed by atoms with van der Waals surface area (Å²) in [5.74, 6) is -4.18. The van der Waals surface area contributed by atoms with Gasteiger partial charge in [-0.25, -0.2) is 4.79 Å². The van der Waals surface area contributed by atoms with Crippen LogP contribution < -0.4 is 26.6 Å². The van der Waals surface area contributed by atoms with E-state index in [1.165, 1.54) is 24.8 Å². The van der Waals surface area contributed by atoms with E-state index in [1.807, 2.05) is 13.8 Å². The van der Waals surface area contributed by atoms with E-state index in [9.17, 15) is 38.7 Å². The van der Waals surface area contributed by atoms with Crippen molar-refractivity contribution in [1.82, 2.24) is 31.5 Å². The fourth-order valence-corrected chi connectivity index (χ4v) is 4.19. The first-order valence-electron chi connectivity index (χ1n) is 15.6. The van der Waals surface area contributed by atoms with Crippen LogP contribution in [0.4, 0.5) is 0 Å². The van der Waals surface area contributed by atoms with Gasteiger partial charge in [0.1, 0.15) is 24.2 Å². The molecule has 0 radical (unpaired) electrons. The lowest BCUT2D eigenvalue weighted by atomic mass is 9.99. The van der Waals surface area contributed by atoms with Crippen LogP contribution in [0.1, 0.15) is 74.1 Å². The second-order valence-electron chi connectivity index (χ2n) is 12.0. The van der Waals surface area contributed by atoms with Gasteiger partial charge in [-0.2, -0.15) is 0 Å². The average molecular weight is 655 g/mol. The maximum atomic E-state index is 13.5. The van der Waals surface area contributed by atoms with Crippen molar-refractivity contribution in [2.45, 2.75) is 104 Å². The minimum atomic E-state index is -1.25. The van der Waals surface area contributed by atoms with Crippen LogP contribution in [0.25, 0.3) is 0 Å². The molecular formula is C31H54N6O9. The predicted molar refractivity (Wildman–Crippen MR) is 171 cm³/mol. The molecular weight excluding hydrogens is 600 g/mol. The summed E-state index contributed by atoms with van der Waals surface area (Å²) < 4.78 is 4.90. The number of hydrogen-bond donors (Lipinski definition) is 6. The molecule has 0 heterocycles. The van der Waals surface area contributed by atoms with Crippen LogP contribution in [0.3, 0.4) is 0 Å². The Morgan fingerprint density at radius 3 is 1.91 bits per heavy atom. The Labute approximate surface area is 272 Å². The third-order valence-corrected chi connectivity index (χ3v) is 6.73. The predicted octanol–water partition coefficient (Wildman–Crippen LogP) is -0.478. The molecule has 6 amide bonds. The third kappa shape index (κ3) is 16.9. The molecule has 0 rings (SSSR count). The Morgan fingerprint density at radius 2 is 1.41 bits per heavy atom. The number of esters is 1. The molecule has 0 bridgehead atoms. The van der Waals surface area contributed by atoms with Gasteiger partial charge in [0.25, 0.3) is 0 Å². The molecule has 0 aliphatic rings. The van der Waals surface area contributed by atoms with E-state index >= 15 is 0 Å². The molecule has 15 nitrogen and oxygen atoms in total. The van der Waals surface area contributed by atoms with Crippen LogP contribution in [-0.4, -0.2) is 109 Å². The number of aliphatic hydroxyl groups is 1. The van der Waals surface area contributed by atoms with E-state index in [0.29, 0.717) is 0 Å². The minimum absolute atomic E-state index is 0.000984. The summed E-state index contributed by atoms with van der Waals surface area (Å²) in [6, 6.07) is -4.95. The average Bonchev–Trinajstić information content (AvgIpc) is 2.95. The Hall–Kier alpha value is -4.01. The number of carbonyl (C=O) groups excluding carboxylic acids is 7. The van der Waals surface area contributed by atoms with E-state index < -0.39 is 78.2 Å². The summed E-state index contributed by atoms with van der Waals surface area (Å²) in [4.78, 5) is 89.0. The molecule has 0 saturated carbocycles. The Morgan fingerprint density at radius 1 is 0.804 bits per heavy atom. The number of nitrogens with zero attached hydrogens (tertiary/aromatic N) is 1. The number of carbonyl (C=O) groups is 7. The van der Waals surface area contributed by atoms with Gasteiger partial charge in [-0.1, -0.05) is 33.8 Å². The zero-order valence-electron chi connectivity index (χ0n) is 28.6. The fraction of sp³-hybridized carbons (Fsp3) is 0.710. The summed E-state index contributed by atoms with van der Waals surface area (Å²) in [7, 11) is 3.25. The highest BCUT2D eigenvalue weighted by atomic mass is 16.5. The maximum Gasteiger partial charge on any atom is 0.330 e. The van der Waals surface area contributed by atoms with Crippen molar-refractivity contribution in [3.63, 3.8) is 0 Å². The van der Waals surface area contributed by atoms with Crippen LogP contribution in [0, 0.1) is 11.8 Å². The number of ether oxygens (including phenoxy) is 1. The van der Waals surface area contributed by atoms with Crippen molar-refractivity contribution in [2.24, 2.45) is 11.8 Å². The molecule has 0 unspecified atom stereocenters. The van der Waals surface area contributed by atoms with Gasteiger partial charge in [-0.3, -0.25) is 28.8 Å². The standard InChI is InChI=1S/C31H54N6O9/c1-10-46-26(41)13-11-12-22(14-15-25(40)37(8)9)34-29(43)23(16-18(2)3)35-31(45)27(19(4)5)36-28(42)20(6)32-30(44)24(17-38)33-21(7)39/h11,13,18-20,22-24,27,38H,10,12,14-17H2,1-9H3,(H,32,44)(H,33,39)(H,34,43)(H,35,45)(H,36,42)/b13-11+/t20-,22+,23-,24-,27-/m0/s1. The van der Waals surface area contributed by atoms with Gasteiger partial charge in [-0.15, -0.1) is 0 Å². The van der Waals surface area contributed by atoms with Gasteiger partial charge in [-0.05, 0) is 44.9 Å². The van der Waals surface area contributed by atoms with E-state index in [2.05, 4.69) is 26.6 Å². The number of amides is 6. The van der Waals surface area contributed by atoms with Crippen LogP contribution in [0.15, 0.2) is 12.2 Å². The molecule has 6 N–H and O–H groups in total. The molecule has 0 fully saturated rings. The van der Waals surface area contributed by atoms with Gasteiger partial charge in [0.05, 0.1) is 13.2 Å². The molecule has 0 aromatic carbocycles. The monoisotopic (exact) mass is 654 g/mol. The number of hydrogen-bond acceptors (Lipinski definition) is 9. The first kappa shape index (κ1) is 42.0. The SMILES string of the molecule is CCOC(=O)/C=C/C[C@H](CCC(=O)N(C)C)NC(=O)[C@H](CC(C)C)NC(=O)[C@@H](NC(=O)[C@H](C)NC(=O)[C@H](CO)NC(C)=O)C(C)C. The van der Waals surface area contributed by atoms with E-state index in [1.54, 1.807) is 40.9 Å². The van der Waals surface area contributed by atoms with E-state index in [-0.39, 0.29) is 44.1 Å². The van der Waals surface area contributed by atoms with Crippen molar-refractivity contribution < 1.29 is 43.4 Å². The fourth-order valence-electron chi connectivity index (χ4n) is 4.19. The smallest absolute Gasteiger partial charge is 0.330 e. The number of nitrogens with one attached hydrogen (secondary N) is 5. The van der Waals surface area contributed by atoms with Crippen molar-refractivity contribution >= 4 is 41.4 Å². The second-order valence-corrected chi connectivity index (χ2v) is 12.0. The number of aliphatic hydroxyl groups excluding tert-OH is 1. The Bertz CT molecular complexity index is 1080. The van der Waals surface area contributed by atoms with Crippen LogP contribution in [-0.2, 0) is 38.3 Å². The first-order valence-corrected chi connectivity index (χ1v) is 15.6. The Kier molecular flexibility index (Phi) is 19.8. The highest BCUT2D eigenvalue weighted by Crippen LogP contribution is 2.11. The van der Waals surface area contributed by atoms with E-state index in [0.717, 1.165) is 0 Å².